The summed E-state index contributed by atoms with van der Waals surface area (Å²) < 4.78 is 23.1. The maximum Gasteiger partial charge on any atom is 0.228 e. The van der Waals surface area contributed by atoms with E-state index in [1.807, 2.05) is 6.07 Å². The minimum atomic E-state index is -0.854. The maximum absolute atomic E-state index is 12.6. The van der Waals surface area contributed by atoms with Gasteiger partial charge < -0.3 is 9.47 Å². The molecule has 0 fully saturated rings. The highest BCUT2D eigenvalue weighted by atomic mass is 19.1. The molecular formula is C16H25FO2. The molecule has 0 heterocycles. The van der Waals surface area contributed by atoms with E-state index in [1.54, 1.807) is 7.11 Å². The van der Waals surface area contributed by atoms with E-state index in [2.05, 4.69) is 47.6 Å². The topological polar surface area (TPSA) is 18.5 Å². The van der Waals surface area contributed by atoms with Crippen molar-refractivity contribution in [3.63, 3.8) is 0 Å². The first-order chi connectivity index (χ1) is 8.61. The minimum absolute atomic E-state index is 0.0271. The van der Waals surface area contributed by atoms with Crippen LogP contribution in [0.3, 0.4) is 0 Å². The Balaban J connectivity index is 3.55. The van der Waals surface area contributed by atoms with E-state index in [0.29, 0.717) is 11.5 Å². The van der Waals surface area contributed by atoms with E-state index in [0.717, 1.165) is 11.1 Å². The van der Waals surface area contributed by atoms with E-state index < -0.39 is 6.86 Å². The molecule has 1 aromatic carbocycles. The van der Waals surface area contributed by atoms with E-state index in [1.165, 1.54) is 0 Å². The van der Waals surface area contributed by atoms with Gasteiger partial charge in [0.1, 0.15) is 0 Å². The molecule has 0 spiro atoms. The fraction of sp³-hybridized carbons (Fsp3) is 0.625. The van der Waals surface area contributed by atoms with Crippen LogP contribution in [0.15, 0.2) is 12.1 Å². The standard InChI is InChI=1S/C16H25FO2/c1-15(2,3)11-8-12(16(4,5)6)14(18-7)13(9-11)19-10-17/h8-9H,10H2,1-7H3. The van der Waals surface area contributed by atoms with Crippen LogP contribution in [0.2, 0.25) is 0 Å². The van der Waals surface area contributed by atoms with Crippen molar-refractivity contribution in [1.82, 2.24) is 0 Å². The summed E-state index contributed by atoms with van der Waals surface area (Å²) in [4.78, 5) is 0. The van der Waals surface area contributed by atoms with Crippen LogP contribution in [-0.4, -0.2) is 14.0 Å². The molecule has 0 bridgehead atoms. The van der Waals surface area contributed by atoms with Gasteiger partial charge in [-0.1, -0.05) is 47.6 Å². The smallest absolute Gasteiger partial charge is 0.228 e. The van der Waals surface area contributed by atoms with Crippen LogP contribution in [0.1, 0.15) is 52.7 Å². The van der Waals surface area contributed by atoms with Crippen molar-refractivity contribution in [2.75, 3.05) is 14.0 Å². The third kappa shape index (κ3) is 3.62. The van der Waals surface area contributed by atoms with Gasteiger partial charge in [-0.3, -0.25) is 0 Å². The Bertz CT molecular complexity index is 439. The van der Waals surface area contributed by atoms with Crippen molar-refractivity contribution in [2.24, 2.45) is 0 Å². The van der Waals surface area contributed by atoms with E-state index in [-0.39, 0.29) is 10.8 Å². The third-order valence-corrected chi connectivity index (χ3v) is 3.14. The predicted molar refractivity (Wildman–Crippen MR) is 77.0 cm³/mol. The third-order valence-electron chi connectivity index (χ3n) is 3.14. The molecular weight excluding hydrogens is 243 g/mol. The monoisotopic (exact) mass is 268 g/mol. The maximum atomic E-state index is 12.6. The Hall–Kier alpha value is -1.25. The number of ether oxygens (including phenoxy) is 2. The summed E-state index contributed by atoms with van der Waals surface area (Å²) in [7, 11) is 1.59. The lowest BCUT2D eigenvalue weighted by Crippen LogP contribution is -2.18. The van der Waals surface area contributed by atoms with Crippen LogP contribution in [0.25, 0.3) is 0 Å². The van der Waals surface area contributed by atoms with Crippen LogP contribution in [0.5, 0.6) is 11.5 Å². The molecule has 0 aromatic heterocycles. The van der Waals surface area contributed by atoms with Gasteiger partial charge in [-0.25, -0.2) is 4.39 Å². The second kappa shape index (κ2) is 5.40. The lowest BCUT2D eigenvalue weighted by atomic mass is 9.80. The molecule has 0 radical (unpaired) electrons. The van der Waals surface area contributed by atoms with E-state index >= 15 is 0 Å². The minimum Gasteiger partial charge on any atom is -0.493 e. The SMILES string of the molecule is COc1c(OCF)cc(C(C)(C)C)cc1C(C)(C)C. The van der Waals surface area contributed by atoms with E-state index in [9.17, 15) is 4.39 Å². The first-order valence-electron chi connectivity index (χ1n) is 6.53. The summed E-state index contributed by atoms with van der Waals surface area (Å²) in [6, 6.07) is 4.00. The molecule has 0 N–H and O–H groups in total. The Labute approximate surface area is 115 Å². The number of alkyl halides is 1. The second-order valence-electron chi connectivity index (χ2n) is 6.81. The fourth-order valence-electron chi connectivity index (χ4n) is 1.97. The number of hydrogen-bond donors (Lipinski definition) is 0. The molecule has 0 amide bonds. The van der Waals surface area contributed by atoms with Gasteiger partial charge in [-0.05, 0) is 22.5 Å². The van der Waals surface area contributed by atoms with Crippen LogP contribution >= 0.6 is 0 Å². The summed E-state index contributed by atoms with van der Waals surface area (Å²) in [5.41, 5.74) is 2.02. The van der Waals surface area contributed by atoms with Crippen LogP contribution in [-0.2, 0) is 10.8 Å². The summed E-state index contributed by atoms with van der Waals surface area (Å²) in [5.74, 6) is 1.10. The van der Waals surface area contributed by atoms with Crippen LogP contribution in [0, 0.1) is 0 Å². The molecule has 0 aliphatic rings. The van der Waals surface area contributed by atoms with Crippen molar-refractivity contribution >= 4 is 0 Å². The highest BCUT2D eigenvalue weighted by Gasteiger charge is 2.26. The largest absolute Gasteiger partial charge is 0.493 e. The average molecular weight is 268 g/mol. The first-order valence-corrected chi connectivity index (χ1v) is 6.53. The van der Waals surface area contributed by atoms with E-state index in [4.69, 9.17) is 9.47 Å². The average Bonchev–Trinajstić information content (AvgIpc) is 2.26. The van der Waals surface area contributed by atoms with Crippen LogP contribution in [0.4, 0.5) is 4.39 Å². The highest BCUT2D eigenvalue weighted by molar-refractivity contribution is 5.53. The highest BCUT2D eigenvalue weighted by Crippen LogP contribution is 2.42. The van der Waals surface area contributed by atoms with Gasteiger partial charge in [-0.15, -0.1) is 0 Å². The van der Waals surface area contributed by atoms with Crippen molar-refractivity contribution in [2.45, 2.75) is 52.4 Å². The number of halogens is 1. The normalized spacial score (nSPS) is 12.4. The molecule has 1 rings (SSSR count). The zero-order valence-corrected chi connectivity index (χ0v) is 13.1. The zero-order chi connectivity index (χ0) is 14.8. The Morgan fingerprint density at radius 3 is 1.95 bits per heavy atom. The molecule has 1 aromatic rings. The molecule has 108 valence electrons. The summed E-state index contributed by atoms with van der Waals surface area (Å²) in [6.45, 7) is 11.8. The second-order valence-corrected chi connectivity index (χ2v) is 6.81. The lowest BCUT2D eigenvalue weighted by Gasteiger charge is -2.28. The van der Waals surface area contributed by atoms with Gasteiger partial charge >= 0.3 is 0 Å². The molecule has 0 aliphatic heterocycles. The van der Waals surface area contributed by atoms with Crippen molar-refractivity contribution in [1.29, 1.82) is 0 Å². The van der Waals surface area contributed by atoms with Gasteiger partial charge in [0.25, 0.3) is 0 Å². The number of hydrogen-bond acceptors (Lipinski definition) is 2. The first kappa shape index (κ1) is 15.8. The molecule has 0 aliphatic carbocycles. The van der Waals surface area contributed by atoms with Gasteiger partial charge in [0, 0.05) is 5.56 Å². The van der Waals surface area contributed by atoms with Gasteiger partial charge in [0.2, 0.25) is 6.86 Å². The fourth-order valence-corrected chi connectivity index (χ4v) is 1.97. The predicted octanol–water partition coefficient (Wildman–Crippen LogP) is 4.60. The molecule has 19 heavy (non-hydrogen) atoms. The van der Waals surface area contributed by atoms with Crippen molar-refractivity contribution in [3.05, 3.63) is 23.3 Å². The summed E-state index contributed by atoms with van der Waals surface area (Å²) in [5, 5.41) is 0. The molecule has 0 atom stereocenters. The lowest BCUT2D eigenvalue weighted by molar-refractivity contribution is 0.183. The Morgan fingerprint density at radius 1 is 1.00 bits per heavy atom. The van der Waals surface area contributed by atoms with Crippen molar-refractivity contribution in [3.8, 4) is 11.5 Å². The number of methoxy groups -OCH3 is 1. The van der Waals surface area contributed by atoms with Crippen LogP contribution < -0.4 is 9.47 Å². The van der Waals surface area contributed by atoms with Crippen molar-refractivity contribution < 1.29 is 13.9 Å². The Kier molecular flexibility index (Phi) is 4.49. The molecule has 0 unspecified atom stereocenters. The van der Waals surface area contributed by atoms with Gasteiger partial charge in [0.05, 0.1) is 7.11 Å². The Morgan fingerprint density at radius 2 is 1.58 bits per heavy atom. The molecule has 0 saturated heterocycles. The van der Waals surface area contributed by atoms with Gasteiger partial charge in [-0.2, -0.15) is 0 Å². The molecule has 3 heteroatoms. The number of rotatable bonds is 3. The summed E-state index contributed by atoms with van der Waals surface area (Å²) >= 11 is 0. The molecule has 0 saturated carbocycles. The quantitative estimate of drug-likeness (QED) is 0.798. The number of benzene rings is 1. The zero-order valence-electron chi connectivity index (χ0n) is 13.1. The summed E-state index contributed by atoms with van der Waals surface area (Å²) in [6.07, 6.45) is 0. The van der Waals surface area contributed by atoms with Gasteiger partial charge in [0.15, 0.2) is 11.5 Å². The molecule has 2 nitrogen and oxygen atoms in total.